The van der Waals surface area contributed by atoms with Gasteiger partial charge in [-0.15, -0.1) is 0 Å². The Hall–Kier alpha value is -1.16. The van der Waals surface area contributed by atoms with Crippen molar-refractivity contribution < 1.29 is 0 Å². The minimum absolute atomic E-state index is 0.0904. The highest BCUT2D eigenvalue weighted by atomic mass is 15.3. The molecule has 4 nitrogen and oxygen atoms in total. The van der Waals surface area contributed by atoms with Crippen LogP contribution >= 0.6 is 0 Å². The molecule has 0 bridgehead atoms. The summed E-state index contributed by atoms with van der Waals surface area (Å²) >= 11 is 0. The molecular weight excluding hydrogens is 236 g/mol. The van der Waals surface area contributed by atoms with Gasteiger partial charge in [-0.05, 0) is 38.2 Å². The van der Waals surface area contributed by atoms with Gasteiger partial charge >= 0.3 is 0 Å². The maximum Gasteiger partial charge on any atom is 0.225 e. The summed E-state index contributed by atoms with van der Waals surface area (Å²) in [7, 11) is 0. The lowest BCUT2D eigenvalue weighted by Crippen LogP contribution is -2.58. The summed E-state index contributed by atoms with van der Waals surface area (Å²) in [4.78, 5) is 11.6. The summed E-state index contributed by atoms with van der Waals surface area (Å²) < 4.78 is 0. The van der Waals surface area contributed by atoms with Crippen molar-refractivity contribution in [1.82, 2.24) is 15.3 Å². The van der Waals surface area contributed by atoms with Gasteiger partial charge in [0.25, 0.3) is 0 Å². The van der Waals surface area contributed by atoms with Gasteiger partial charge in [-0.25, -0.2) is 9.97 Å². The van der Waals surface area contributed by atoms with Crippen molar-refractivity contribution in [3.63, 3.8) is 0 Å². The zero-order chi connectivity index (χ0) is 13.3. The Morgan fingerprint density at radius 3 is 2.53 bits per heavy atom. The smallest absolute Gasteiger partial charge is 0.225 e. The minimum Gasteiger partial charge on any atom is -0.333 e. The lowest BCUT2D eigenvalue weighted by molar-refractivity contribution is 0.374. The fourth-order valence-electron chi connectivity index (χ4n) is 3.29. The molecule has 1 aliphatic heterocycles. The van der Waals surface area contributed by atoms with Crippen molar-refractivity contribution in [3.05, 3.63) is 18.0 Å². The van der Waals surface area contributed by atoms with Crippen LogP contribution in [0.2, 0.25) is 0 Å². The van der Waals surface area contributed by atoms with Gasteiger partial charge in [0.2, 0.25) is 5.95 Å². The zero-order valence-electron chi connectivity index (χ0n) is 12.0. The van der Waals surface area contributed by atoms with E-state index in [-0.39, 0.29) is 5.54 Å². The Morgan fingerprint density at radius 2 is 1.89 bits per heavy atom. The van der Waals surface area contributed by atoms with Crippen LogP contribution in [0.4, 0.5) is 5.95 Å². The lowest BCUT2D eigenvalue weighted by atomic mass is 10.0. The molecule has 2 aliphatic rings. The number of piperazine rings is 1. The molecule has 0 radical (unpaired) electrons. The summed E-state index contributed by atoms with van der Waals surface area (Å²) in [6.07, 6.45) is 9.44. The third-order valence-electron chi connectivity index (χ3n) is 4.53. The van der Waals surface area contributed by atoms with Crippen LogP contribution in [0, 0.1) is 0 Å². The van der Waals surface area contributed by atoms with Crippen LogP contribution in [-0.4, -0.2) is 35.1 Å². The lowest BCUT2D eigenvalue weighted by Gasteiger charge is -2.42. The van der Waals surface area contributed by atoms with Crippen LogP contribution in [0.25, 0.3) is 0 Å². The van der Waals surface area contributed by atoms with Gasteiger partial charge in [-0.2, -0.15) is 0 Å². The minimum atomic E-state index is 0.0904. The molecule has 0 aromatic carbocycles. The van der Waals surface area contributed by atoms with E-state index in [2.05, 4.69) is 46.4 Å². The fraction of sp³-hybridized carbons (Fsp3) is 0.733. The van der Waals surface area contributed by atoms with Crippen molar-refractivity contribution in [3.8, 4) is 0 Å². The van der Waals surface area contributed by atoms with Crippen LogP contribution in [0.15, 0.2) is 12.4 Å². The standard InChI is InChI=1S/C15H24N4/c1-15(2)11-16-7-8-19(15)14-17-9-13(10-18-14)12-5-3-4-6-12/h9-10,12,16H,3-8,11H2,1-2H3. The van der Waals surface area contributed by atoms with E-state index in [1.807, 2.05) is 0 Å². The monoisotopic (exact) mass is 260 g/mol. The van der Waals surface area contributed by atoms with E-state index in [9.17, 15) is 0 Å². The molecular formula is C15H24N4. The van der Waals surface area contributed by atoms with Crippen LogP contribution in [0.1, 0.15) is 51.0 Å². The number of aromatic nitrogens is 2. The topological polar surface area (TPSA) is 41.0 Å². The molecule has 1 aromatic rings. The first kappa shape index (κ1) is 12.9. The number of hydrogen-bond acceptors (Lipinski definition) is 4. The number of nitrogens with one attached hydrogen (secondary N) is 1. The molecule has 4 heteroatoms. The number of rotatable bonds is 2. The average molecular weight is 260 g/mol. The molecule has 104 valence electrons. The Labute approximate surface area is 115 Å². The molecule has 1 aliphatic carbocycles. The average Bonchev–Trinajstić information content (AvgIpc) is 2.92. The van der Waals surface area contributed by atoms with E-state index in [1.54, 1.807) is 0 Å². The van der Waals surface area contributed by atoms with Crippen molar-refractivity contribution in [2.75, 3.05) is 24.5 Å². The summed E-state index contributed by atoms with van der Waals surface area (Å²) in [6, 6.07) is 0. The molecule has 2 heterocycles. The number of nitrogens with zero attached hydrogens (tertiary/aromatic N) is 3. The maximum absolute atomic E-state index is 4.63. The van der Waals surface area contributed by atoms with E-state index in [4.69, 9.17) is 0 Å². The van der Waals surface area contributed by atoms with Gasteiger partial charge in [0, 0.05) is 37.6 Å². The maximum atomic E-state index is 4.63. The number of anilines is 1. The molecule has 0 atom stereocenters. The van der Waals surface area contributed by atoms with Gasteiger partial charge in [-0.3, -0.25) is 0 Å². The van der Waals surface area contributed by atoms with Crippen molar-refractivity contribution in [1.29, 1.82) is 0 Å². The van der Waals surface area contributed by atoms with Crippen molar-refractivity contribution in [2.45, 2.75) is 51.0 Å². The van der Waals surface area contributed by atoms with Crippen molar-refractivity contribution >= 4 is 5.95 Å². The summed E-state index contributed by atoms with van der Waals surface area (Å²) in [6.45, 7) is 7.47. The Morgan fingerprint density at radius 1 is 1.21 bits per heavy atom. The highest BCUT2D eigenvalue weighted by molar-refractivity contribution is 5.36. The molecule has 1 N–H and O–H groups in total. The predicted molar refractivity (Wildman–Crippen MR) is 77.5 cm³/mol. The highest BCUT2D eigenvalue weighted by Crippen LogP contribution is 2.33. The normalized spacial score (nSPS) is 23.8. The molecule has 1 aromatic heterocycles. The molecule has 19 heavy (non-hydrogen) atoms. The van der Waals surface area contributed by atoms with Crippen LogP contribution in [0.5, 0.6) is 0 Å². The SMILES string of the molecule is CC1(C)CNCCN1c1ncc(C2CCCC2)cn1. The van der Waals surface area contributed by atoms with E-state index in [0.29, 0.717) is 5.92 Å². The van der Waals surface area contributed by atoms with Gasteiger partial charge in [0.1, 0.15) is 0 Å². The molecule has 0 spiro atoms. The molecule has 0 unspecified atom stereocenters. The van der Waals surface area contributed by atoms with E-state index in [0.717, 1.165) is 25.6 Å². The Balaban J connectivity index is 1.77. The highest BCUT2D eigenvalue weighted by Gasteiger charge is 2.31. The fourth-order valence-corrected chi connectivity index (χ4v) is 3.29. The zero-order valence-corrected chi connectivity index (χ0v) is 12.0. The van der Waals surface area contributed by atoms with Crippen LogP contribution in [0.3, 0.4) is 0 Å². The van der Waals surface area contributed by atoms with Gasteiger partial charge in [0.15, 0.2) is 0 Å². The van der Waals surface area contributed by atoms with Crippen LogP contribution in [-0.2, 0) is 0 Å². The summed E-state index contributed by atoms with van der Waals surface area (Å²) in [5.74, 6) is 1.58. The van der Waals surface area contributed by atoms with Gasteiger partial charge in [0.05, 0.1) is 0 Å². The first-order valence-electron chi connectivity index (χ1n) is 7.47. The molecule has 0 amide bonds. The molecule has 1 saturated heterocycles. The van der Waals surface area contributed by atoms with Crippen molar-refractivity contribution in [2.24, 2.45) is 0 Å². The Bertz CT molecular complexity index is 420. The largest absolute Gasteiger partial charge is 0.333 e. The second-order valence-electron chi connectivity index (χ2n) is 6.44. The van der Waals surface area contributed by atoms with E-state index in [1.165, 1.54) is 31.2 Å². The molecule has 1 saturated carbocycles. The molecule has 3 rings (SSSR count). The second-order valence-corrected chi connectivity index (χ2v) is 6.44. The first-order chi connectivity index (χ1) is 9.17. The number of hydrogen-bond donors (Lipinski definition) is 1. The first-order valence-corrected chi connectivity index (χ1v) is 7.47. The molecule has 2 fully saturated rings. The summed E-state index contributed by atoms with van der Waals surface area (Å²) in [5, 5.41) is 3.43. The summed E-state index contributed by atoms with van der Waals surface area (Å²) in [5.41, 5.74) is 1.42. The predicted octanol–water partition coefficient (Wildman–Crippen LogP) is 2.32. The Kier molecular flexibility index (Phi) is 3.44. The quantitative estimate of drug-likeness (QED) is 0.886. The third-order valence-corrected chi connectivity index (χ3v) is 4.53. The van der Waals surface area contributed by atoms with Crippen LogP contribution < -0.4 is 10.2 Å². The van der Waals surface area contributed by atoms with Gasteiger partial charge in [-0.1, -0.05) is 12.8 Å². The third kappa shape index (κ3) is 2.59. The second kappa shape index (κ2) is 5.08. The van der Waals surface area contributed by atoms with E-state index >= 15 is 0 Å². The van der Waals surface area contributed by atoms with Gasteiger partial charge < -0.3 is 10.2 Å². The van der Waals surface area contributed by atoms with E-state index < -0.39 is 0 Å².